The number of rotatable bonds is 6. The van der Waals surface area contributed by atoms with E-state index < -0.39 is 0 Å². The molecule has 0 aliphatic heterocycles. The standard InChI is InChI=1S/C23H30N2O/c1-2-3-4-9-22-10-13-23(14-11-22,15-12-22)19-7-5-18(6-8-19)21-24-16-20(26)17-25-21/h5-8,16-17,26H,2-4,9-15H2,1H3. The first-order valence-corrected chi connectivity index (χ1v) is 10.3. The Kier molecular flexibility index (Phi) is 4.73. The molecule has 0 radical (unpaired) electrons. The SMILES string of the molecule is CCCCCC12CCC(c3ccc(-c4ncc(O)cn4)cc3)(CC1)CC2. The number of hydrogen-bond donors (Lipinski definition) is 1. The van der Waals surface area contributed by atoms with Gasteiger partial charge in [0.1, 0.15) is 0 Å². The number of fused-ring (bicyclic) bond motifs is 3. The second-order valence-corrected chi connectivity index (χ2v) is 8.58. The Morgan fingerprint density at radius 2 is 1.50 bits per heavy atom. The predicted octanol–water partition coefficient (Wildman–Crippen LogP) is 6.02. The van der Waals surface area contributed by atoms with E-state index in [-0.39, 0.29) is 5.75 Å². The molecule has 5 rings (SSSR count). The summed E-state index contributed by atoms with van der Waals surface area (Å²) in [7, 11) is 0. The molecule has 2 bridgehead atoms. The molecule has 3 aliphatic carbocycles. The summed E-state index contributed by atoms with van der Waals surface area (Å²) in [6.07, 6.45) is 16.8. The Hall–Kier alpha value is -1.90. The quantitative estimate of drug-likeness (QED) is 0.648. The summed E-state index contributed by atoms with van der Waals surface area (Å²) >= 11 is 0. The smallest absolute Gasteiger partial charge is 0.159 e. The number of unbranched alkanes of at least 4 members (excludes halogenated alkanes) is 2. The highest BCUT2D eigenvalue weighted by Crippen LogP contribution is 2.59. The van der Waals surface area contributed by atoms with Gasteiger partial charge >= 0.3 is 0 Å². The Morgan fingerprint density at radius 3 is 2.08 bits per heavy atom. The van der Waals surface area contributed by atoms with Crippen LogP contribution in [0, 0.1) is 5.41 Å². The molecule has 0 amide bonds. The fourth-order valence-corrected chi connectivity index (χ4v) is 5.26. The van der Waals surface area contributed by atoms with Crippen LogP contribution in [0.15, 0.2) is 36.7 Å². The van der Waals surface area contributed by atoms with Crippen molar-refractivity contribution in [1.29, 1.82) is 0 Å². The lowest BCUT2D eigenvalue weighted by molar-refractivity contribution is 0.0305. The van der Waals surface area contributed by atoms with Crippen LogP contribution in [0.5, 0.6) is 5.75 Å². The maximum Gasteiger partial charge on any atom is 0.159 e. The van der Waals surface area contributed by atoms with Crippen molar-refractivity contribution in [3.63, 3.8) is 0 Å². The van der Waals surface area contributed by atoms with Crippen LogP contribution in [0.2, 0.25) is 0 Å². The molecule has 0 saturated heterocycles. The summed E-state index contributed by atoms with van der Waals surface area (Å²) in [5, 5.41) is 9.35. The van der Waals surface area contributed by atoms with Gasteiger partial charge in [0.05, 0.1) is 12.4 Å². The molecule has 26 heavy (non-hydrogen) atoms. The van der Waals surface area contributed by atoms with Gasteiger partial charge in [-0.2, -0.15) is 0 Å². The number of aromatic hydroxyl groups is 1. The average molecular weight is 351 g/mol. The number of benzene rings is 1. The Morgan fingerprint density at radius 1 is 0.885 bits per heavy atom. The van der Waals surface area contributed by atoms with Gasteiger partial charge in [-0.1, -0.05) is 50.5 Å². The van der Waals surface area contributed by atoms with Crippen molar-refractivity contribution in [2.24, 2.45) is 5.41 Å². The lowest BCUT2D eigenvalue weighted by atomic mass is 9.51. The van der Waals surface area contributed by atoms with Crippen LogP contribution in [0.25, 0.3) is 11.4 Å². The molecule has 1 aromatic carbocycles. The molecule has 1 heterocycles. The van der Waals surface area contributed by atoms with Gasteiger partial charge in [-0.25, -0.2) is 9.97 Å². The summed E-state index contributed by atoms with van der Waals surface area (Å²) in [6, 6.07) is 8.88. The van der Waals surface area contributed by atoms with Crippen molar-refractivity contribution in [1.82, 2.24) is 9.97 Å². The number of nitrogens with zero attached hydrogens (tertiary/aromatic N) is 2. The second kappa shape index (κ2) is 7.02. The van der Waals surface area contributed by atoms with Gasteiger partial charge in [-0.3, -0.25) is 0 Å². The van der Waals surface area contributed by atoms with E-state index in [0.717, 1.165) is 5.56 Å². The lowest BCUT2D eigenvalue weighted by Crippen LogP contribution is -2.44. The number of aromatic nitrogens is 2. The van der Waals surface area contributed by atoms with Gasteiger partial charge in [-0.15, -0.1) is 0 Å². The number of hydrogen-bond acceptors (Lipinski definition) is 3. The molecule has 3 fully saturated rings. The molecule has 3 saturated carbocycles. The molecule has 3 nitrogen and oxygen atoms in total. The van der Waals surface area contributed by atoms with Crippen LogP contribution < -0.4 is 0 Å². The zero-order valence-corrected chi connectivity index (χ0v) is 15.9. The summed E-state index contributed by atoms with van der Waals surface area (Å²) in [5.41, 5.74) is 3.59. The highest BCUT2D eigenvalue weighted by atomic mass is 16.3. The molecule has 1 aromatic heterocycles. The summed E-state index contributed by atoms with van der Waals surface area (Å²) in [5.74, 6) is 0.783. The molecule has 0 atom stereocenters. The van der Waals surface area contributed by atoms with Crippen LogP contribution >= 0.6 is 0 Å². The highest BCUT2D eigenvalue weighted by Gasteiger charge is 2.48. The van der Waals surface area contributed by atoms with Crippen molar-refractivity contribution in [3.05, 3.63) is 42.2 Å². The van der Waals surface area contributed by atoms with E-state index in [1.807, 2.05) is 0 Å². The molecule has 138 valence electrons. The monoisotopic (exact) mass is 350 g/mol. The van der Waals surface area contributed by atoms with Gasteiger partial charge in [0.25, 0.3) is 0 Å². The van der Waals surface area contributed by atoms with Crippen LogP contribution in [0.4, 0.5) is 0 Å². The average Bonchev–Trinajstić information content (AvgIpc) is 2.70. The lowest BCUT2D eigenvalue weighted by Gasteiger charge is -2.54. The van der Waals surface area contributed by atoms with E-state index in [0.29, 0.717) is 16.7 Å². The zero-order valence-electron chi connectivity index (χ0n) is 15.9. The Balaban J connectivity index is 1.46. The fourth-order valence-electron chi connectivity index (χ4n) is 5.26. The molecule has 3 heteroatoms. The van der Waals surface area contributed by atoms with Crippen molar-refractivity contribution >= 4 is 0 Å². The summed E-state index contributed by atoms with van der Waals surface area (Å²) in [6.45, 7) is 2.30. The Bertz CT molecular complexity index is 711. The fraction of sp³-hybridized carbons (Fsp3) is 0.565. The molecular formula is C23H30N2O. The first-order valence-electron chi connectivity index (χ1n) is 10.3. The third-order valence-corrected chi connectivity index (χ3v) is 7.11. The summed E-state index contributed by atoms with van der Waals surface area (Å²) < 4.78 is 0. The molecule has 1 N–H and O–H groups in total. The maximum atomic E-state index is 9.35. The molecule has 0 unspecified atom stereocenters. The Labute approximate surface area is 156 Å². The normalized spacial score (nSPS) is 27.6. The molecule has 0 spiro atoms. The van der Waals surface area contributed by atoms with Crippen molar-refractivity contribution in [3.8, 4) is 17.1 Å². The minimum absolute atomic E-state index is 0.107. The maximum absolute atomic E-state index is 9.35. The first-order chi connectivity index (χ1) is 12.6. The molecular weight excluding hydrogens is 320 g/mol. The van der Waals surface area contributed by atoms with Crippen molar-refractivity contribution in [2.45, 2.75) is 76.5 Å². The van der Waals surface area contributed by atoms with Crippen LogP contribution in [-0.2, 0) is 5.41 Å². The largest absolute Gasteiger partial charge is 0.505 e. The van der Waals surface area contributed by atoms with Gasteiger partial charge in [0, 0.05) is 5.56 Å². The minimum atomic E-state index is 0.107. The molecule has 2 aromatic rings. The van der Waals surface area contributed by atoms with Crippen LogP contribution in [0.1, 0.15) is 76.7 Å². The van der Waals surface area contributed by atoms with Gasteiger partial charge < -0.3 is 5.11 Å². The molecule has 3 aliphatic rings. The minimum Gasteiger partial charge on any atom is -0.505 e. The van der Waals surface area contributed by atoms with Gasteiger partial charge in [0.15, 0.2) is 11.6 Å². The highest BCUT2D eigenvalue weighted by molar-refractivity contribution is 5.56. The third-order valence-electron chi connectivity index (χ3n) is 7.11. The topological polar surface area (TPSA) is 46.0 Å². The van der Waals surface area contributed by atoms with E-state index in [1.54, 1.807) is 0 Å². The van der Waals surface area contributed by atoms with E-state index in [2.05, 4.69) is 41.2 Å². The second-order valence-electron chi connectivity index (χ2n) is 8.58. The van der Waals surface area contributed by atoms with E-state index >= 15 is 0 Å². The van der Waals surface area contributed by atoms with E-state index in [1.165, 1.54) is 82.2 Å². The van der Waals surface area contributed by atoms with E-state index in [4.69, 9.17) is 0 Å². The van der Waals surface area contributed by atoms with Crippen molar-refractivity contribution in [2.75, 3.05) is 0 Å². The predicted molar refractivity (Wildman–Crippen MR) is 105 cm³/mol. The van der Waals surface area contributed by atoms with Crippen molar-refractivity contribution < 1.29 is 5.11 Å². The summed E-state index contributed by atoms with van der Waals surface area (Å²) in [4.78, 5) is 8.44. The third kappa shape index (κ3) is 3.24. The van der Waals surface area contributed by atoms with E-state index in [9.17, 15) is 5.11 Å². The van der Waals surface area contributed by atoms with Crippen LogP contribution in [-0.4, -0.2) is 15.1 Å². The van der Waals surface area contributed by atoms with Crippen LogP contribution in [0.3, 0.4) is 0 Å². The first kappa shape index (κ1) is 17.5. The van der Waals surface area contributed by atoms with Gasteiger partial charge in [-0.05, 0) is 61.3 Å². The van der Waals surface area contributed by atoms with Gasteiger partial charge in [0.2, 0.25) is 0 Å². The zero-order chi connectivity index (χ0) is 18.0.